The number of aromatic nitrogens is 4. The third kappa shape index (κ3) is 4.97. The Morgan fingerprint density at radius 1 is 0.780 bits per heavy atom. The summed E-state index contributed by atoms with van der Waals surface area (Å²) in [5, 5.41) is 0.997. The van der Waals surface area contributed by atoms with E-state index in [1.54, 1.807) is 61.2 Å². The van der Waals surface area contributed by atoms with Crippen molar-refractivity contribution in [3.05, 3.63) is 92.0 Å². The van der Waals surface area contributed by atoms with Crippen molar-refractivity contribution in [1.29, 1.82) is 0 Å². The minimum absolute atomic E-state index is 0.394. The van der Waals surface area contributed by atoms with Gasteiger partial charge < -0.3 is 30.1 Å². The largest absolute Gasteiger partial charge is 0.496 e. The van der Waals surface area contributed by atoms with Crippen LogP contribution >= 0.6 is 22.7 Å². The van der Waals surface area contributed by atoms with Crippen LogP contribution in [-0.2, 0) is 24.2 Å². The Bertz CT molecular complexity index is 2570. The smallest absolute Gasteiger partial charge is 0.248 e. The molecular formula is C38H34N6O4S2. The number of fused-ring (bicyclic) bond motifs is 4. The van der Waals surface area contributed by atoms with Gasteiger partial charge in [-0.1, -0.05) is 6.07 Å². The Labute approximate surface area is 295 Å². The van der Waals surface area contributed by atoms with Gasteiger partial charge in [-0.05, 0) is 81.3 Å². The van der Waals surface area contributed by atoms with E-state index >= 15 is 0 Å². The monoisotopic (exact) mass is 702 g/mol. The molecule has 0 spiro atoms. The molecule has 0 saturated carbocycles. The van der Waals surface area contributed by atoms with E-state index in [1.807, 2.05) is 24.3 Å². The number of hydrogen-bond donors (Lipinski definition) is 2. The fraction of sp³-hybridized carbons (Fsp3) is 0.211. The maximum absolute atomic E-state index is 12.2. The highest BCUT2D eigenvalue weighted by Gasteiger charge is 2.28. The average Bonchev–Trinajstić information content (AvgIpc) is 3.84. The molecule has 2 amide bonds. The van der Waals surface area contributed by atoms with Gasteiger partial charge in [-0.3, -0.25) is 9.59 Å². The zero-order valence-corrected chi connectivity index (χ0v) is 29.6. The Kier molecular flexibility index (Phi) is 7.72. The van der Waals surface area contributed by atoms with Crippen molar-refractivity contribution in [2.75, 3.05) is 14.2 Å². The number of nitrogens with zero attached hydrogens (tertiary/aromatic N) is 4. The second-order valence-electron chi connectivity index (χ2n) is 12.3. The summed E-state index contributed by atoms with van der Waals surface area (Å²) in [5.41, 5.74) is 18.4. The lowest BCUT2D eigenvalue weighted by atomic mass is 9.98. The molecule has 4 heterocycles. The summed E-state index contributed by atoms with van der Waals surface area (Å²) in [6.07, 6.45) is 4.00. The molecule has 0 bridgehead atoms. The number of benzene rings is 3. The predicted molar refractivity (Wildman–Crippen MR) is 200 cm³/mol. The van der Waals surface area contributed by atoms with Crippen LogP contribution in [0.3, 0.4) is 0 Å². The number of carbonyl (C=O) groups is 2. The highest BCUT2D eigenvalue weighted by atomic mass is 32.1. The summed E-state index contributed by atoms with van der Waals surface area (Å²) in [5.74, 6) is 2.17. The van der Waals surface area contributed by atoms with E-state index in [-0.39, 0.29) is 0 Å². The van der Waals surface area contributed by atoms with Gasteiger partial charge in [-0.15, -0.1) is 22.7 Å². The number of thiophene rings is 2. The number of ether oxygens (including phenoxy) is 2. The topological polar surface area (TPSA) is 140 Å². The Morgan fingerprint density at radius 3 is 1.96 bits per heavy atom. The summed E-state index contributed by atoms with van der Waals surface area (Å²) in [6, 6.07) is 16.9. The van der Waals surface area contributed by atoms with E-state index in [9.17, 15) is 9.59 Å². The van der Waals surface area contributed by atoms with Gasteiger partial charge in [0.05, 0.1) is 36.3 Å². The highest BCUT2D eigenvalue weighted by Crippen LogP contribution is 2.45. The normalized spacial score (nSPS) is 12.8. The van der Waals surface area contributed by atoms with Gasteiger partial charge in [-0.2, -0.15) is 0 Å². The first kappa shape index (κ1) is 31.8. The van der Waals surface area contributed by atoms with E-state index in [4.69, 9.17) is 30.9 Å². The standard InChI is InChI=1S/C38H34N6O4S2/c1-19-31(33-27(47-3)7-5-9-29(33)49-19)37-41-23-17-21(35(39)45)11-13-25(23)43(37)15-16-44-26-14-12-22(36(40)46)18-24(26)42-38(44)32-20(2)50-30-10-6-8-28(48-4)34(30)32/h5,7-9,11-14,17-18H,6,10,15-16H2,1-4H3,(H2,39,45)(H2,40,46). The number of nitrogens with two attached hydrogens (primary N) is 2. The van der Waals surface area contributed by atoms with Crippen molar-refractivity contribution >= 4 is 72.4 Å². The zero-order chi connectivity index (χ0) is 34.8. The molecule has 50 heavy (non-hydrogen) atoms. The van der Waals surface area contributed by atoms with Crippen LogP contribution in [0.2, 0.25) is 0 Å². The molecule has 0 radical (unpaired) electrons. The molecule has 1 aliphatic carbocycles. The van der Waals surface area contributed by atoms with Crippen molar-refractivity contribution < 1.29 is 19.1 Å². The van der Waals surface area contributed by atoms with Gasteiger partial charge >= 0.3 is 0 Å². The number of aryl methyl sites for hydroxylation is 5. The number of rotatable bonds is 9. The molecule has 4 aromatic heterocycles. The van der Waals surface area contributed by atoms with Crippen LogP contribution in [0.15, 0.2) is 60.7 Å². The van der Waals surface area contributed by atoms with Gasteiger partial charge in [0, 0.05) is 65.6 Å². The molecule has 12 heteroatoms. The van der Waals surface area contributed by atoms with Crippen molar-refractivity contribution in [1.82, 2.24) is 19.1 Å². The van der Waals surface area contributed by atoms with Crippen LogP contribution in [-0.4, -0.2) is 45.1 Å². The number of primary amides is 2. The molecule has 1 aliphatic rings. The van der Waals surface area contributed by atoms with Crippen LogP contribution in [0.25, 0.3) is 60.7 Å². The van der Waals surface area contributed by atoms with Crippen molar-refractivity contribution in [3.63, 3.8) is 0 Å². The molecular weight excluding hydrogens is 669 g/mol. The number of amides is 2. The van der Waals surface area contributed by atoms with Crippen molar-refractivity contribution in [2.45, 2.75) is 39.8 Å². The Balaban J connectivity index is 1.34. The highest BCUT2D eigenvalue weighted by molar-refractivity contribution is 7.19. The predicted octanol–water partition coefficient (Wildman–Crippen LogP) is 7.45. The molecule has 7 aromatic rings. The zero-order valence-electron chi connectivity index (χ0n) is 28.0. The van der Waals surface area contributed by atoms with Crippen LogP contribution in [0.5, 0.6) is 5.75 Å². The SMILES string of the molecule is COC1=CCCc2sc(C)c(-c3nc4cc(C(N)=O)ccc4n3CCn3c(-c4c(C)sc5cccc(OC)c45)nc4cc(C(N)=O)ccc43)c21. The summed E-state index contributed by atoms with van der Waals surface area (Å²) in [6.45, 7) is 5.26. The summed E-state index contributed by atoms with van der Waals surface area (Å²) in [7, 11) is 3.39. The van der Waals surface area contributed by atoms with Crippen LogP contribution in [0, 0.1) is 13.8 Å². The van der Waals surface area contributed by atoms with Gasteiger partial charge in [0.15, 0.2) is 0 Å². The van der Waals surface area contributed by atoms with E-state index in [2.05, 4.69) is 35.1 Å². The van der Waals surface area contributed by atoms with E-state index in [0.717, 1.165) is 83.6 Å². The third-order valence-electron chi connectivity index (χ3n) is 9.46. The van der Waals surface area contributed by atoms with Crippen molar-refractivity contribution in [2.24, 2.45) is 11.5 Å². The number of imidazole rings is 2. The molecule has 3 aromatic carbocycles. The van der Waals surface area contributed by atoms with E-state index in [0.29, 0.717) is 35.2 Å². The first-order valence-corrected chi connectivity index (χ1v) is 17.9. The molecule has 252 valence electrons. The molecule has 8 rings (SSSR count). The molecule has 10 nitrogen and oxygen atoms in total. The minimum atomic E-state index is -0.509. The molecule has 0 atom stereocenters. The first-order valence-electron chi connectivity index (χ1n) is 16.2. The van der Waals surface area contributed by atoms with Gasteiger partial charge in [0.1, 0.15) is 23.2 Å². The molecule has 0 unspecified atom stereocenters. The Morgan fingerprint density at radius 2 is 1.38 bits per heavy atom. The van der Waals surface area contributed by atoms with Crippen LogP contribution in [0.4, 0.5) is 0 Å². The molecule has 0 fully saturated rings. The number of allylic oxidation sites excluding steroid dienone is 1. The van der Waals surface area contributed by atoms with Gasteiger partial charge in [0.25, 0.3) is 0 Å². The number of carbonyl (C=O) groups excluding carboxylic acids is 2. The van der Waals surface area contributed by atoms with Crippen molar-refractivity contribution in [3.8, 4) is 28.5 Å². The Hall–Kier alpha value is -5.46. The fourth-order valence-corrected chi connectivity index (χ4v) is 9.47. The average molecular weight is 703 g/mol. The number of methoxy groups -OCH3 is 2. The second-order valence-corrected chi connectivity index (χ2v) is 14.9. The van der Waals surface area contributed by atoms with Gasteiger partial charge in [0.2, 0.25) is 11.8 Å². The molecule has 0 saturated heterocycles. The maximum atomic E-state index is 12.2. The van der Waals surface area contributed by atoms with E-state index in [1.165, 1.54) is 4.88 Å². The minimum Gasteiger partial charge on any atom is -0.496 e. The molecule has 4 N–H and O–H groups in total. The quantitative estimate of drug-likeness (QED) is 0.160. The third-order valence-corrected chi connectivity index (χ3v) is 11.7. The van der Waals surface area contributed by atoms with Crippen LogP contribution < -0.4 is 16.2 Å². The number of hydrogen-bond acceptors (Lipinski definition) is 8. The van der Waals surface area contributed by atoms with E-state index < -0.39 is 11.8 Å². The lowest BCUT2D eigenvalue weighted by molar-refractivity contribution is 0.0992. The van der Waals surface area contributed by atoms with Gasteiger partial charge in [-0.25, -0.2) is 9.97 Å². The summed E-state index contributed by atoms with van der Waals surface area (Å²) in [4.78, 5) is 38.2. The molecule has 0 aliphatic heterocycles. The summed E-state index contributed by atoms with van der Waals surface area (Å²) >= 11 is 3.47. The lowest BCUT2D eigenvalue weighted by Gasteiger charge is -2.17. The maximum Gasteiger partial charge on any atom is 0.248 e. The second kappa shape index (κ2) is 12.1. The van der Waals surface area contributed by atoms with Crippen LogP contribution in [0.1, 0.15) is 47.3 Å². The fourth-order valence-electron chi connectivity index (χ4n) is 7.20. The first-order chi connectivity index (χ1) is 24.2. The lowest BCUT2D eigenvalue weighted by Crippen LogP contribution is -2.12. The summed E-state index contributed by atoms with van der Waals surface area (Å²) < 4.78 is 17.2.